The highest BCUT2D eigenvalue weighted by molar-refractivity contribution is 7.80. The molecule has 1 aromatic carbocycles. The Kier molecular flexibility index (Phi) is 5.09. The fourth-order valence-corrected chi connectivity index (χ4v) is 2.30. The summed E-state index contributed by atoms with van der Waals surface area (Å²) in [5, 5.41) is 9.03. The van der Waals surface area contributed by atoms with Crippen molar-refractivity contribution in [2.75, 3.05) is 0 Å². The van der Waals surface area contributed by atoms with Crippen molar-refractivity contribution in [3.8, 4) is 0 Å². The maximum atomic E-state index is 6.18. The Labute approximate surface area is 134 Å². The van der Waals surface area contributed by atoms with Crippen molar-refractivity contribution < 1.29 is 0 Å². The Morgan fingerprint density at radius 1 is 1.38 bits per heavy atom. The van der Waals surface area contributed by atoms with Crippen molar-refractivity contribution in [1.29, 1.82) is 0 Å². The number of rotatable bonds is 3. The van der Waals surface area contributed by atoms with E-state index in [-0.39, 0.29) is 6.04 Å². The number of aromatic nitrogens is 1. The second-order valence-corrected chi connectivity index (χ2v) is 5.83. The predicted molar refractivity (Wildman–Crippen MR) is 93.1 cm³/mol. The fourth-order valence-electron chi connectivity index (χ4n) is 1.82. The molecule has 0 spiro atoms. The standard InChI is InChI=1S/C15H17ClN4S/c1-9(2)18-15(21)20-17-8-12-7-11-5-4-10(3)6-13(11)19-14(12)16/h4-9H,1-3H3,(H2,18,20,21)/b17-8-. The topological polar surface area (TPSA) is 49.3 Å². The highest BCUT2D eigenvalue weighted by atomic mass is 35.5. The van der Waals surface area contributed by atoms with Crippen LogP contribution in [0, 0.1) is 6.92 Å². The third-order valence-electron chi connectivity index (χ3n) is 2.74. The lowest BCUT2D eigenvalue weighted by Gasteiger charge is -2.09. The van der Waals surface area contributed by atoms with Crippen LogP contribution in [-0.2, 0) is 0 Å². The summed E-state index contributed by atoms with van der Waals surface area (Å²) in [6.07, 6.45) is 1.61. The molecule has 0 amide bonds. The zero-order valence-corrected chi connectivity index (χ0v) is 13.7. The second-order valence-electron chi connectivity index (χ2n) is 5.06. The van der Waals surface area contributed by atoms with E-state index in [1.165, 1.54) is 0 Å². The lowest BCUT2D eigenvalue weighted by atomic mass is 10.1. The van der Waals surface area contributed by atoms with Crippen LogP contribution in [0.1, 0.15) is 25.0 Å². The smallest absolute Gasteiger partial charge is 0.187 e. The molecule has 4 nitrogen and oxygen atoms in total. The normalized spacial score (nSPS) is 11.3. The molecule has 6 heteroatoms. The molecule has 0 fully saturated rings. The van der Waals surface area contributed by atoms with Crippen molar-refractivity contribution in [2.24, 2.45) is 5.10 Å². The summed E-state index contributed by atoms with van der Waals surface area (Å²) < 4.78 is 0. The largest absolute Gasteiger partial charge is 0.359 e. The van der Waals surface area contributed by atoms with Crippen LogP contribution in [0.2, 0.25) is 5.15 Å². The van der Waals surface area contributed by atoms with E-state index < -0.39 is 0 Å². The van der Waals surface area contributed by atoms with Crippen molar-refractivity contribution in [1.82, 2.24) is 15.7 Å². The Morgan fingerprint density at radius 2 is 2.14 bits per heavy atom. The third kappa shape index (κ3) is 4.37. The van der Waals surface area contributed by atoms with Gasteiger partial charge in [-0.05, 0) is 50.7 Å². The molecule has 0 saturated carbocycles. The number of nitrogens with one attached hydrogen (secondary N) is 2. The van der Waals surface area contributed by atoms with Gasteiger partial charge in [0.25, 0.3) is 0 Å². The molecule has 0 unspecified atom stereocenters. The van der Waals surface area contributed by atoms with Gasteiger partial charge in [0.1, 0.15) is 5.15 Å². The van der Waals surface area contributed by atoms with Crippen LogP contribution in [0.3, 0.4) is 0 Å². The Morgan fingerprint density at radius 3 is 2.86 bits per heavy atom. The third-order valence-corrected chi connectivity index (χ3v) is 3.26. The van der Waals surface area contributed by atoms with E-state index in [1.807, 2.05) is 45.0 Å². The van der Waals surface area contributed by atoms with Gasteiger partial charge in [0.15, 0.2) is 5.11 Å². The molecule has 0 aliphatic heterocycles. The number of hydrazone groups is 1. The van der Waals surface area contributed by atoms with E-state index in [1.54, 1.807) is 6.21 Å². The molecule has 1 heterocycles. The van der Waals surface area contributed by atoms with Crippen molar-refractivity contribution >= 4 is 46.0 Å². The van der Waals surface area contributed by atoms with Gasteiger partial charge in [0, 0.05) is 17.0 Å². The zero-order chi connectivity index (χ0) is 15.4. The zero-order valence-electron chi connectivity index (χ0n) is 12.1. The molecule has 1 aromatic heterocycles. The number of thiocarbonyl (C=S) groups is 1. The van der Waals surface area contributed by atoms with E-state index in [4.69, 9.17) is 23.8 Å². The van der Waals surface area contributed by atoms with Crippen LogP contribution in [0.4, 0.5) is 0 Å². The number of hydrogen-bond acceptors (Lipinski definition) is 3. The average molecular weight is 321 g/mol. The summed E-state index contributed by atoms with van der Waals surface area (Å²) in [5.74, 6) is 0. The van der Waals surface area contributed by atoms with Crippen LogP contribution in [-0.4, -0.2) is 22.4 Å². The highest BCUT2D eigenvalue weighted by Gasteiger charge is 2.03. The van der Waals surface area contributed by atoms with Crippen LogP contribution >= 0.6 is 23.8 Å². The first kappa shape index (κ1) is 15.7. The number of fused-ring (bicyclic) bond motifs is 1. The first-order valence-electron chi connectivity index (χ1n) is 6.62. The minimum absolute atomic E-state index is 0.259. The number of pyridine rings is 1. The van der Waals surface area contributed by atoms with Gasteiger partial charge in [-0.1, -0.05) is 23.7 Å². The minimum Gasteiger partial charge on any atom is -0.359 e. The van der Waals surface area contributed by atoms with E-state index in [9.17, 15) is 0 Å². The first-order chi connectivity index (χ1) is 9.95. The molecule has 0 atom stereocenters. The molecule has 21 heavy (non-hydrogen) atoms. The van der Waals surface area contributed by atoms with Crippen LogP contribution < -0.4 is 10.7 Å². The van der Waals surface area contributed by atoms with Crippen molar-refractivity contribution in [2.45, 2.75) is 26.8 Å². The molecule has 0 saturated heterocycles. The minimum atomic E-state index is 0.259. The number of nitrogens with zero attached hydrogens (tertiary/aromatic N) is 2. The molecule has 2 rings (SSSR count). The molecule has 0 aliphatic rings. The van der Waals surface area contributed by atoms with Crippen LogP contribution in [0.25, 0.3) is 10.9 Å². The van der Waals surface area contributed by atoms with Gasteiger partial charge in [0.2, 0.25) is 0 Å². The molecule has 2 N–H and O–H groups in total. The SMILES string of the molecule is Cc1ccc2cc(/C=N\NC(=S)NC(C)C)c(Cl)nc2c1. The summed E-state index contributed by atoms with van der Waals surface area (Å²) in [4.78, 5) is 4.38. The monoisotopic (exact) mass is 320 g/mol. The van der Waals surface area contributed by atoms with Crippen molar-refractivity contribution in [3.63, 3.8) is 0 Å². The van der Waals surface area contributed by atoms with Crippen molar-refractivity contribution in [3.05, 3.63) is 40.5 Å². The molecular formula is C15H17ClN4S. The quantitative estimate of drug-likeness (QED) is 0.394. The molecule has 0 radical (unpaired) electrons. The maximum Gasteiger partial charge on any atom is 0.187 e. The Bertz CT molecular complexity index is 697. The van der Waals surface area contributed by atoms with Gasteiger partial charge in [-0.3, -0.25) is 5.43 Å². The van der Waals surface area contributed by atoms with Gasteiger partial charge < -0.3 is 5.32 Å². The summed E-state index contributed by atoms with van der Waals surface area (Å²) in [6, 6.07) is 8.27. The van der Waals surface area contributed by atoms with Gasteiger partial charge in [0.05, 0.1) is 11.7 Å². The Hall–Kier alpha value is -1.72. The Balaban J connectivity index is 2.16. The number of aryl methyl sites for hydroxylation is 1. The summed E-state index contributed by atoms with van der Waals surface area (Å²) in [6.45, 7) is 6.03. The van der Waals surface area contributed by atoms with Crippen LogP contribution in [0.15, 0.2) is 29.4 Å². The lowest BCUT2D eigenvalue weighted by molar-refractivity contribution is 0.720. The van der Waals surface area contributed by atoms with Crippen LogP contribution in [0.5, 0.6) is 0 Å². The number of benzene rings is 1. The second kappa shape index (κ2) is 6.83. The summed E-state index contributed by atoms with van der Waals surface area (Å²) >= 11 is 11.3. The van der Waals surface area contributed by atoms with E-state index in [2.05, 4.69) is 20.8 Å². The number of hydrogen-bond donors (Lipinski definition) is 2. The molecule has 0 bridgehead atoms. The molecule has 2 aromatic rings. The van der Waals surface area contributed by atoms with Gasteiger partial charge in [-0.25, -0.2) is 4.98 Å². The maximum absolute atomic E-state index is 6.18. The molecule has 110 valence electrons. The highest BCUT2D eigenvalue weighted by Crippen LogP contribution is 2.20. The first-order valence-corrected chi connectivity index (χ1v) is 7.41. The summed E-state index contributed by atoms with van der Waals surface area (Å²) in [7, 11) is 0. The predicted octanol–water partition coefficient (Wildman–Crippen LogP) is 3.40. The molecular weight excluding hydrogens is 304 g/mol. The van der Waals surface area contributed by atoms with Gasteiger partial charge in [-0.15, -0.1) is 0 Å². The number of halogens is 1. The summed E-state index contributed by atoms with van der Waals surface area (Å²) in [5.41, 5.74) is 5.52. The van der Waals surface area contributed by atoms with E-state index in [0.717, 1.165) is 22.0 Å². The van der Waals surface area contributed by atoms with E-state index in [0.29, 0.717) is 10.3 Å². The average Bonchev–Trinajstić information content (AvgIpc) is 2.38. The molecule has 0 aliphatic carbocycles. The lowest BCUT2D eigenvalue weighted by Crippen LogP contribution is -2.36. The van der Waals surface area contributed by atoms with Gasteiger partial charge in [-0.2, -0.15) is 5.10 Å². The van der Waals surface area contributed by atoms with E-state index >= 15 is 0 Å². The van der Waals surface area contributed by atoms with Gasteiger partial charge >= 0.3 is 0 Å². The fraction of sp³-hybridized carbons (Fsp3) is 0.267.